The van der Waals surface area contributed by atoms with Crippen molar-refractivity contribution in [2.45, 2.75) is 13.0 Å². The molecule has 0 radical (unpaired) electrons. The average Bonchev–Trinajstić information content (AvgIpc) is 2.70. The van der Waals surface area contributed by atoms with E-state index in [1.165, 1.54) is 6.26 Å². The van der Waals surface area contributed by atoms with Gasteiger partial charge in [0.2, 0.25) is 0 Å². The number of nitrogens with zero attached hydrogens (tertiary/aromatic N) is 3. The Morgan fingerprint density at radius 2 is 2.21 bits per heavy atom. The van der Waals surface area contributed by atoms with E-state index in [1.54, 1.807) is 29.8 Å². The number of aromatic amines is 1. The van der Waals surface area contributed by atoms with Crippen LogP contribution in [0.4, 0.5) is 0 Å². The lowest BCUT2D eigenvalue weighted by Gasteiger charge is -2.14. The van der Waals surface area contributed by atoms with E-state index >= 15 is 0 Å². The molecule has 0 aliphatic carbocycles. The fourth-order valence-electron chi connectivity index (χ4n) is 1.90. The molecule has 0 saturated heterocycles. The van der Waals surface area contributed by atoms with Crippen molar-refractivity contribution in [3.8, 4) is 11.5 Å². The molecule has 102 valence electrons. The molecule has 0 saturated carbocycles. The molecule has 2 aromatic rings. The molecule has 0 aliphatic heterocycles. The van der Waals surface area contributed by atoms with Crippen LogP contribution in [-0.4, -0.2) is 40.2 Å². The summed E-state index contributed by atoms with van der Waals surface area (Å²) in [5, 5.41) is 6.81. The van der Waals surface area contributed by atoms with Crippen LogP contribution in [0.2, 0.25) is 0 Å². The van der Waals surface area contributed by atoms with Gasteiger partial charge < -0.3 is 0 Å². The van der Waals surface area contributed by atoms with Crippen molar-refractivity contribution in [3.05, 3.63) is 29.2 Å². The Labute approximate surface area is 116 Å². The number of H-pyrrole nitrogens is 1. The molecule has 2 aromatic heterocycles. The molecular formula is C11H14N4O2S2. The highest BCUT2D eigenvalue weighted by atomic mass is 32.2. The van der Waals surface area contributed by atoms with Gasteiger partial charge in [-0.25, -0.2) is 8.42 Å². The molecule has 1 N–H and O–H groups in total. The van der Waals surface area contributed by atoms with Crippen LogP contribution in [0.5, 0.6) is 0 Å². The van der Waals surface area contributed by atoms with Crippen molar-refractivity contribution >= 4 is 22.1 Å². The van der Waals surface area contributed by atoms with Crippen molar-refractivity contribution in [3.63, 3.8) is 0 Å². The van der Waals surface area contributed by atoms with E-state index in [-0.39, 0.29) is 11.8 Å². The van der Waals surface area contributed by atoms with Gasteiger partial charge in [-0.1, -0.05) is 6.07 Å². The van der Waals surface area contributed by atoms with Gasteiger partial charge in [-0.3, -0.25) is 14.6 Å². The summed E-state index contributed by atoms with van der Waals surface area (Å²) in [6.45, 7) is 1.79. The standard InChI is InChI=1S/C11H14N4O2S2/c1-8(7-19(2,16)17)15-10(13-14-11(15)18)9-5-3-4-6-12-9/h3-6,8H,7H2,1-2H3,(H,14,18). The SMILES string of the molecule is CC(CS(C)(=O)=O)n1c(-c2ccccn2)n[nH]c1=S. The third kappa shape index (κ3) is 3.27. The van der Waals surface area contributed by atoms with Gasteiger partial charge in [-0.2, -0.15) is 5.10 Å². The lowest BCUT2D eigenvalue weighted by atomic mass is 10.3. The highest BCUT2D eigenvalue weighted by Crippen LogP contribution is 2.19. The van der Waals surface area contributed by atoms with Gasteiger partial charge in [0.1, 0.15) is 15.5 Å². The van der Waals surface area contributed by atoms with Crippen molar-refractivity contribution in [1.82, 2.24) is 19.7 Å². The molecule has 0 fully saturated rings. The number of pyridine rings is 1. The molecular weight excluding hydrogens is 284 g/mol. The summed E-state index contributed by atoms with van der Waals surface area (Å²) in [6.07, 6.45) is 2.85. The lowest BCUT2D eigenvalue weighted by Crippen LogP contribution is -2.17. The Morgan fingerprint density at radius 1 is 1.47 bits per heavy atom. The Balaban J connectivity index is 2.47. The van der Waals surface area contributed by atoms with Crippen LogP contribution in [0, 0.1) is 4.77 Å². The molecule has 6 nitrogen and oxygen atoms in total. The van der Waals surface area contributed by atoms with Crippen molar-refractivity contribution in [1.29, 1.82) is 0 Å². The van der Waals surface area contributed by atoms with Crippen LogP contribution in [-0.2, 0) is 9.84 Å². The summed E-state index contributed by atoms with van der Waals surface area (Å²) >= 11 is 5.16. The minimum Gasteiger partial charge on any atom is -0.295 e. The second kappa shape index (κ2) is 5.22. The number of hydrogen-bond acceptors (Lipinski definition) is 5. The molecule has 0 amide bonds. The van der Waals surface area contributed by atoms with Crippen molar-refractivity contribution in [2.75, 3.05) is 12.0 Å². The highest BCUT2D eigenvalue weighted by molar-refractivity contribution is 7.90. The average molecular weight is 298 g/mol. The smallest absolute Gasteiger partial charge is 0.195 e. The third-order valence-electron chi connectivity index (χ3n) is 2.58. The van der Waals surface area contributed by atoms with Gasteiger partial charge in [-0.15, -0.1) is 0 Å². The van der Waals surface area contributed by atoms with Crippen LogP contribution in [0.1, 0.15) is 13.0 Å². The zero-order valence-corrected chi connectivity index (χ0v) is 12.2. The highest BCUT2D eigenvalue weighted by Gasteiger charge is 2.18. The topological polar surface area (TPSA) is 80.6 Å². The number of hydrogen-bond donors (Lipinski definition) is 1. The van der Waals surface area contributed by atoms with Crippen LogP contribution in [0.15, 0.2) is 24.4 Å². The Hall–Kier alpha value is -1.54. The second-order valence-corrected chi connectivity index (χ2v) is 6.95. The first-order valence-electron chi connectivity index (χ1n) is 5.64. The third-order valence-corrected chi connectivity index (χ3v) is 3.96. The summed E-state index contributed by atoms with van der Waals surface area (Å²) in [5.74, 6) is 0.544. The normalized spacial score (nSPS) is 13.4. The lowest BCUT2D eigenvalue weighted by molar-refractivity contribution is 0.560. The summed E-state index contributed by atoms with van der Waals surface area (Å²) < 4.78 is 24.9. The van der Waals surface area contributed by atoms with Gasteiger partial charge in [0.25, 0.3) is 0 Å². The largest absolute Gasteiger partial charge is 0.295 e. The Kier molecular flexibility index (Phi) is 3.81. The van der Waals surface area contributed by atoms with E-state index in [4.69, 9.17) is 12.2 Å². The molecule has 2 rings (SSSR count). The van der Waals surface area contributed by atoms with Crippen LogP contribution >= 0.6 is 12.2 Å². The molecule has 0 aromatic carbocycles. The summed E-state index contributed by atoms with van der Waals surface area (Å²) in [6, 6.07) is 5.13. The Bertz CT molecular complexity index is 719. The van der Waals surface area contributed by atoms with Crippen molar-refractivity contribution in [2.24, 2.45) is 0 Å². The van der Waals surface area contributed by atoms with E-state index in [2.05, 4.69) is 15.2 Å². The number of rotatable bonds is 4. The van der Waals surface area contributed by atoms with Gasteiger partial charge in [-0.05, 0) is 31.3 Å². The summed E-state index contributed by atoms with van der Waals surface area (Å²) in [4.78, 5) is 4.20. The van der Waals surface area contributed by atoms with Gasteiger partial charge >= 0.3 is 0 Å². The molecule has 0 spiro atoms. The molecule has 19 heavy (non-hydrogen) atoms. The molecule has 2 heterocycles. The number of nitrogens with one attached hydrogen (secondary N) is 1. The maximum atomic E-state index is 11.4. The molecule has 0 aliphatic rings. The minimum absolute atomic E-state index is 0.000668. The molecule has 0 bridgehead atoms. The van der Waals surface area contributed by atoms with E-state index in [9.17, 15) is 8.42 Å². The second-order valence-electron chi connectivity index (χ2n) is 4.38. The molecule has 1 atom stereocenters. The van der Waals surface area contributed by atoms with E-state index in [1.807, 2.05) is 6.07 Å². The fourth-order valence-corrected chi connectivity index (χ4v) is 3.24. The first-order valence-corrected chi connectivity index (χ1v) is 8.11. The van der Waals surface area contributed by atoms with E-state index < -0.39 is 9.84 Å². The van der Waals surface area contributed by atoms with Gasteiger partial charge in [0, 0.05) is 18.5 Å². The molecule has 8 heteroatoms. The molecule has 1 unspecified atom stereocenters. The maximum absolute atomic E-state index is 11.4. The summed E-state index contributed by atoms with van der Waals surface area (Å²) in [5.41, 5.74) is 0.648. The fraction of sp³-hybridized carbons (Fsp3) is 0.364. The van der Waals surface area contributed by atoms with Crippen LogP contribution in [0.25, 0.3) is 11.5 Å². The summed E-state index contributed by atoms with van der Waals surface area (Å²) in [7, 11) is -3.09. The predicted molar refractivity (Wildman–Crippen MR) is 75.1 cm³/mol. The monoisotopic (exact) mass is 298 g/mol. The Morgan fingerprint density at radius 3 is 2.79 bits per heavy atom. The number of aromatic nitrogens is 4. The van der Waals surface area contributed by atoms with Gasteiger partial charge in [0.05, 0.1) is 5.75 Å². The van der Waals surface area contributed by atoms with Crippen LogP contribution in [0.3, 0.4) is 0 Å². The van der Waals surface area contributed by atoms with Gasteiger partial charge in [0.15, 0.2) is 10.6 Å². The number of sulfone groups is 1. The van der Waals surface area contributed by atoms with Crippen molar-refractivity contribution < 1.29 is 8.42 Å². The van der Waals surface area contributed by atoms with Crippen LogP contribution < -0.4 is 0 Å². The maximum Gasteiger partial charge on any atom is 0.195 e. The predicted octanol–water partition coefficient (Wildman–Crippen LogP) is 1.61. The first kappa shape index (κ1) is 13.9. The van der Waals surface area contributed by atoms with E-state index in [0.29, 0.717) is 16.3 Å². The quantitative estimate of drug-likeness (QED) is 0.867. The van der Waals surface area contributed by atoms with E-state index in [0.717, 1.165) is 0 Å². The minimum atomic E-state index is -3.09. The zero-order valence-electron chi connectivity index (χ0n) is 10.6. The zero-order chi connectivity index (χ0) is 14.0. The first-order chi connectivity index (χ1) is 8.88.